The Morgan fingerprint density at radius 1 is 1.09 bits per heavy atom. The molecule has 1 aromatic rings. The van der Waals surface area contributed by atoms with Crippen LogP contribution in [0.4, 0.5) is 5.69 Å². The van der Waals surface area contributed by atoms with Gasteiger partial charge >= 0.3 is 0 Å². The van der Waals surface area contributed by atoms with Gasteiger partial charge in [0.25, 0.3) is 0 Å². The maximum Gasteiger partial charge on any atom is 0.231 e. The number of amides is 1. The van der Waals surface area contributed by atoms with E-state index in [9.17, 15) is 24.9 Å². The van der Waals surface area contributed by atoms with Gasteiger partial charge < -0.3 is 25.4 Å². The Bertz CT molecular complexity index is 1470. The lowest BCUT2D eigenvalue weighted by Gasteiger charge is -2.65. The van der Waals surface area contributed by atoms with Crippen LogP contribution in [0.25, 0.3) is 0 Å². The number of nitrogens with one attached hydrogen (secondary N) is 1. The summed E-state index contributed by atoms with van der Waals surface area (Å²) in [6.45, 7) is 19.6. The van der Waals surface area contributed by atoms with Gasteiger partial charge in [0.15, 0.2) is 5.78 Å². The smallest absolute Gasteiger partial charge is 0.231 e. The quantitative estimate of drug-likeness (QED) is 0.321. The fourth-order valence-corrected chi connectivity index (χ4v) is 9.83. The van der Waals surface area contributed by atoms with Crippen molar-refractivity contribution < 1.29 is 29.6 Å². The molecule has 44 heavy (non-hydrogen) atoms. The van der Waals surface area contributed by atoms with Gasteiger partial charge in [0, 0.05) is 17.4 Å². The number of hydrogen-bond acceptors (Lipinski definition) is 6. The molecule has 7 heteroatoms. The second-order valence-corrected chi connectivity index (χ2v) is 15.5. The molecule has 2 aliphatic heterocycles. The SMILES string of the molecule is C=C(C)[C@H]1C[C@H](C(C)(C)O)[C@H]1c1cccc2c1C(=O)C[C@@H]1CC[C@@]3(O)C4=C[C@@H](O)[C@@H](C(=C)C)O[C@H]4CC[C@]3(C)[C@@]1(C)C(=O)N2. The molecule has 3 saturated carbocycles. The zero-order valence-corrected chi connectivity index (χ0v) is 27.1. The van der Waals surface area contributed by atoms with Crippen molar-refractivity contribution in [3.63, 3.8) is 0 Å². The highest BCUT2D eigenvalue weighted by Crippen LogP contribution is 2.67. The van der Waals surface area contributed by atoms with E-state index in [4.69, 9.17) is 4.74 Å². The average molecular weight is 604 g/mol. The highest BCUT2D eigenvalue weighted by molar-refractivity contribution is 6.09. The van der Waals surface area contributed by atoms with Gasteiger partial charge in [0.05, 0.1) is 28.4 Å². The van der Waals surface area contributed by atoms with E-state index in [1.54, 1.807) is 12.1 Å². The first kappa shape index (κ1) is 31.4. The molecule has 238 valence electrons. The Labute approximate surface area is 261 Å². The lowest BCUT2D eigenvalue weighted by molar-refractivity contribution is -0.211. The van der Waals surface area contributed by atoms with Crippen molar-refractivity contribution in [2.75, 3.05) is 5.32 Å². The molecule has 7 nitrogen and oxygen atoms in total. The Morgan fingerprint density at radius 2 is 1.80 bits per heavy atom. The van der Waals surface area contributed by atoms with Crippen LogP contribution < -0.4 is 5.32 Å². The number of hydrogen-bond donors (Lipinski definition) is 4. The van der Waals surface area contributed by atoms with Gasteiger partial charge in [-0.1, -0.05) is 37.8 Å². The Hall–Kier alpha value is -2.58. The molecule has 5 aliphatic rings. The van der Waals surface area contributed by atoms with Crippen LogP contribution in [0.3, 0.4) is 0 Å². The van der Waals surface area contributed by atoms with E-state index >= 15 is 0 Å². The van der Waals surface area contributed by atoms with Crippen LogP contribution in [0.2, 0.25) is 0 Å². The van der Waals surface area contributed by atoms with E-state index < -0.39 is 34.2 Å². The third kappa shape index (κ3) is 4.22. The van der Waals surface area contributed by atoms with Gasteiger partial charge in [-0.05, 0) is 119 Å². The molecule has 0 radical (unpaired) electrons. The second kappa shape index (κ2) is 10.2. The van der Waals surface area contributed by atoms with Gasteiger partial charge in [-0.25, -0.2) is 0 Å². The van der Waals surface area contributed by atoms with Crippen molar-refractivity contribution in [2.24, 2.45) is 28.6 Å². The summed E-state index contributed by atoms with van der Waals surface area (Å²) in [6.07, 6.45) is 2.86. The van der Waals surface area contributed by atoms with Crippen molar-refractivity contribution in [1.29, 1.82) is 0 Å². The molecule has 4 N–H and O–H groups in total. The maximum absolute atomic E-state index is 14.6. The standard InChI is InChI=1S/C37H49NO6/c1-19(2)23-17-25(34(5,6)42)30(23)22-10-9-11-26-31(22)27(39)16-21-12-15-37(43)24-18-28(40)32(20(3)4)44-29(24)13-14-35(37,7)36(21,8)33(41)38-26/h9-11,18,21,23,25,28-30,32,40,42-43H,1,3,12-17H2,2,4-8H3,(H,38,41)/t21-,23+,25-,28+,29-,30-,32+,35+,36+,37+/m0/s1. The third-order valence-corrected chi connectivity index (χ3v) is 12.7. The van der Waals surface area contributed by atoms with Crippen LogP contribution in [0.5, 0.6) is 0 Å². The van der Waals surface area contributed by atoms with E-state index in [0.29, 0.717) is 42.5 Å². The molecule has 3 fully saturated rings. The molecule has 1 amide bonds. The zero-order chi connectivity index (χ0) is 32.1. The summed E-state index contributed by atoms with van der Waals surface area (Å²) in [6, 6.07) is 5.65. The number of allylic oxidation sites excluding steroid dienone is 1. The van der Waals surface area contributed by atoms with Crippen LogP contribution in [-0.4, -0.2) is 56.5 Å². The number of anilines is 1. The summed E-state index contributed by atoms with van der Waals surface area (Å²) in [4.78, 5) is 29.0. The average Bonchev–Trinajstić information content (AvgIpc) is 2.90. The Balaban J connectivity index is 1.42. The van der Waals surface area contributed by atoms with E-state index in [0.717, 1.165) is 23.1 Å². The summed E-state index contributed by atoms with van der Waals surface area (Å²) in [5.74, 6) is -0.488. The van der Waals surface area contributed by atoms with Gasteiger partial charge in [0.1, 0.15) is 12.2 Å². The van der Waals surface area contributed by atoms with Crippen molar-refractivity contribution in [2.45, 2.75) is 115 Å². The van der Waals surface area contributed by atoms with E-state index in [1.165, 1.54) is 0 Å². The maximum atomic E-state index is 14.6. The second-order valence-electron chi connectivity index (χ2n) is 15.5. The van der Waals surface area contributed by atoms with Crippen molar-refractivity contribution in [1.82, 2.24) is 0 Å². The summed E-state index contributed by atoms with van der Waals surface area (Å²) < 4.78 is 6.28. The van der Waals surface area contributed by atoms with Crippen molar-refractivity contribution in [3.05, 3.63) is 65.3 Å². The molecule has 0 bridgehead atoms. The summed E-state index contributed by atoms with van der Waals surface area (Å²) in [5, 5.41) is 37.8. The van der Waals surface area contributed by atoms with Crippen LogP contribution >= 0.6 is 0 Å². The lowest BCUT2D eigenvalue weighted by Crippen LogP contribution is -2.70. The number of fused-ring (bicyclic) bond motifs is 6. The minimum Gasteiger partial charge on any atom is -0.390 e. The first-order valence-electron chi connectivity index (χ1n) is 16.2. The minimum atomic E-state index is -1.38. The molecule has 0 spiro atoms. The molecule has 0 unspecified atom stereocenters. The number of aliphatic hydroxyl groups excluding tert-OH is 1. The van der Waals surface area contributed by atoms with Crippen molar-refractivity contribution in [3.8, 4) is 0 Å². The molecule has 2 heterocycles. The number of carbonyl (C=O) groups excluding carboxylic acids is 2. The van der Waals surface area contributed by atoms with Crippen LogP contribution in [0.15, 0.2) is 54.2 Å². The van der Waals surface area contributed by atoms with Gasteiger partial charge in [-0.15, -0.1) is 0 Å². The van der Waals surface area contributed by atoms with Crippen LogP contribution in [0, 0.1) is 28.6 Å². The molecule has 10 atom stereocenters. The number of rotatable bonds is 4. The van der Waals surface area contributed by atoms with Gasteiger partial charge in [0.2, 0.25) is 5.91 Å². The lowest BCUT2D eigenvalue weighted by atomic mass is 9.41. The molecule has 0 aromatic heterocycles. The fraction of sp³-hybridized carbons (Fsp3) is 0.622. The van der Waals surface area contributed by atoms with Crippen LogP contribution in [0.1, 0.15) is 102 Å². The number of aliphatic hydroxyl groups is 3. The number of ether oxygens (including phenoxy) is 1. The number of Topliss-reactive ketones (excluding diaryl/α,β-unsaturated/α-hetero) is 1. The number of ketones is 1. The molecular formula is C37H49NO6. The molecule has 3 aliphatic carbocycles. The van der Waals surface area contributed by atoms with Crippen molar-refractivity contribution >= 4 is 17.4 Å². The third-order valence-electron chi connectivity index (χ3n) is 12.7. The number of carbonyl (C=O) groups is 2. The zero-order valence-electron chi connectivity index (χ0n) is 27.1. The highest BCUT2D eigenvalue weighted by atomic mass is 16.5. The monoisotopic (exact) mass is 603 g/mol. The van der Waals surface area contributed by atoms with E-state index in [-0.39, 0.29) is 47.9 Å². The van der Waals surface area contributed by atoms with E-state index in [1.807, 2.05) is 53.7 Å². The van der Waals surface area contributed by atoms with Gasteiger partial charge in [-0.2, -0.15) is 0 Å². The predicted octanol–water partition coefficient (Wildman–Crippen LogP) is 5.86. The molecule has 0 saturated heterocycles. The number of benzene rings is 1. The predicted molar refractivity (Wildman–Crippen MR) is 170 cm³/mol. The summed E-state index contributed by atoms with van der Waals surface area (Å²) >= 11 is 0. The fourth-order valence-electron chi connectivity index (χ4n) is 9.83. The largest absolute Gasteiger partial charge is 0.390 e. The first-order chi connectivity index (χ1) is 20.5. The molecule has 1 aromatic carbocycles. The van der Waals surface area contributed by atoms with E-state index in [2.05, 4.69) is 18.5 Å². The topological polar surface area (TPSA) is 116 Å². The highest BCUT2D eigenvalue weighted by Gasteiger charge is 2.70. The van der Waals surface area contributed by atoms with Gasteiger partial charge in [-0.3, -0.25) is 9.59 Å². The summed E-state index contributed by atoms with van der Waals surface area (Å²) in [7, 11) is 0. The molecule has 6 rings (SSSR count). The normalized spacial score (nSPS) is 41.8. The summed E-state index contributed by atoms with van der Waals surface area (Å²) in [5.41, 5.74) is 0.0114. The molecular weight excluding hydrogens is 554 g/mol. The first-order valence-corrected chi connectivity index (χ1v) is 16.2. The van der Waals surface area contributed by atoms with Crippen LogP contribution in [-0.2, 0) is 9.53 Å². The Kier molecular flexibility index (Phi) is 7.29. The Morgan fingerprint density at radius 3 is 2.43 bits per heavy atom. The minimum absolute atomic E-state index is 0.0173.